The molecule has 0 heterocycles. The van der Waals surface area contributed by atoms with Crippen molar-refractivity contribution in [1.82, 2.24) is 0 Å². The molecule has 3 N–H and O–H groups in total. The predicted octanol–water partition coefficient (Wildman–Crippen LogP) is 5.20. The molecule has 30 heavy (non-hydrogen) atoms. The summed E-state index contributed by atoms with van der Waals surface area (Å²) in [5.74, 6) is 0. The summed E-state index contributed by atoms with van der Waals surface area (Å²) < 4.78 is 65.4. The van der Waals surface area contributed by atoms with Crippen LogP contribution in [0.15, 0.2) is 30.3 Å². The van der Waals surface area contributed by atoms with Crippen LogP contribution in [-0.2, 0) is 26.2 Å². The quantitative estimate of drug-likeness (QED) is 0.222. The Balaban J connectivity index is -0.0000000884. The first-order valence-electron chi connectivity index (χ1n) is 8.55. The van der Waals surface area contributed by atoms with Gasteiger partial charge in [-0.2, -0.15) is 18.2 Å². The van der Waals surface area contributed by atoms with Crippen LogP contribution in [0.25, 0.3) is 0 Å². The van der Waals surface area contributed by atoms with Crippen LogP contribution in [0.1, 0.15) is 62.3 Å². The summed E-state index contributed by atoms with van der Waals surface area (Å²) in [4.78, 5) is 0. The van der Waals surface area contributed by atoms with Gasteiger partial charge in [-0.1, -0.05) is 0 Å². The Labute approximate surface area is 202 Å². The van der Waals surface area contributed by atoms with E-state index in [1.165, 1.54) is 0 Å². The Bertz CT molecular complexity index is 381. The van der Waals surface area contributed by atoms with Gasteiger partial charge >= 0.3 is 51.8 Å². The third-order valence-electron chi connectivity index (χ3n) is 0.883. The fourth-order valence-corrected chi connectivity index (χ4v) is 1.29. The zero-order valence-electron chi connectivity index (χ0n) is 19.1. The molecule has 0 aliphatic carbocycles. The molecular formula is C19H36F6GeO3Zr-. The largest absolute Gasteiger partial charge is 0.214 e. The Morgan fingerprint density at radius 1 is 0.567 bits per heavy atom. The average molecular weight is 590 g/mol. The van der Waals surface area contributed by atoms with Crippen molar-refractivity contribution in [2.45, 2.75) is 89.1 Å². The molecule has 1 rings (SSSR count). The second-order valence-electron chi connectivity index (χ2n) is 8.70. The van der Waals surface area contributed by atoms with Gasteiger partial charge in [-0.3, -0.25) is 0 Å². The molecule has 0 unspecified atom stereocenters. The van der Waals surface area contributed by atoms with Crippen LogP contribution in [0.3, 0.4) is 0 Å². The van der Waals surface area contributed by atoms with Crippen LogP contribution >= 0.6 is 0 Å². The van der Waals surface area contributed by atoms with E-state index in [-0.39, 0.29) is 26.2 Å². The second kappa shape index (κ2) is 17.8. The number of aliphatic hydroxyl groups is 3. The SMILES string of the molecule is CC(C)(C)O.CC(C)(C)O.CC(C)(C)O.F[C](F)(F)[GeH][C](F)(F)F.[Zr].c1cc[cH-]c1. The summed E-state index contributed by atoms with van der Waals surface area (Å²) in [6.45, 7) is 15.7. The molecule has 0 saturated carbocycles. The third-order valence-corrected chi connectivity index (χ3v) is 2.26. The summed E-state index contributed by atoms with van der Waals surface area (Å²) in [5, 5.41) is 15.6. The summed E-state index contributed by atoms with van der Waals surface area (Å²) in [6, 6.07) is 10.0. The average Bonchev–Trinajstić information content (AvgIpc) is 2.71. The number of hydrogen-bond donors (Lipinski definition) is 3. The van der Waals surface area contributed by atoms with Crippen LogP contribution in [0.4, 0.5) is 26.3 Å². The molecule has 3 nitrogen and oxygen atoms in total. The number of alkyl halides is 6. The molecule has 1 aromatic rings. The van der Waals surface area contributed by atoms with Crippen LogP contribution in [-0.4, -0.2) is 57.6 Å². The van der Waals surface area contributed by atoms with E-state index in [0.29, 0.717) is 0 Å². The Hall–Kier alpha value is 0.236. The minimum atomic E-state index is -4.98. The van der Waals surface area contributed by atoms with Crippen molar-refractivity contribution in [3.63, 3.8) is 0 Å². The second-order valence-corrected chi connectivity index (χ2v) is 12.1. The van der Waals surface area contributed by atoms with Gasteiger partial charge < -0.3 is 15.3 Å². The zero-order chi connectivity index (χ0) is 24.7. The van der Waals surface area contributed by atoms with Crippen molar-refractivity contribution in [3.8, 4) is 0 Å². The molecule has 0 aliphatic heterocycles. The van der Waals surface area contributed by atoms with Gasteiger partial charge in [0.15, 0.2) is 0 Å². The van der Waals surface area contributed by atoms with Crippen molar-refractivity contribution < 1.29 is 67.9 Å². The van der Waals surface area contributed by atoms with Crippen molar-refractivity contribution in [3.05, 3.63) is 30.3 Å². The smallest absolute Gasteiger partial charge is 0 e. The van der Waals surface area contributed by atoms with E-state index < -0.39 is 42.3 Å². The van der Waals surface area contributed by atoms with Crippen molar-refractivity contribution >= 4 is 15.4 Å². The molecule has 1 radical (unpaired) electrons. The van der Waals surface area contributed by atoms with Crippen LogP contribution in [0.5, 0.6) is 0 Å². The molecule has 1 aromatic carbocycles. The Kier molecular flexibility index (Phi) is 24.0. The summed E-state index contributed by atoms with van der Waals surface area (Å²) >= 11 is -4.06. The molecule has 11 heteroatoms. The van der Waals surface area contributed by atoms with Gasteiger partial charge in [-0.25, -0.2) is 12.1 Å². The molecule has 181 valence electrons. The van der Waals surface area contributed by atoms with E-state index in [4.69, 9.17) is 15.3 Å². The first kappa shape index (κ1) is 40.6. The molecular weight excluding hydrogens is 554 g/mol. The number of rotatable bonds is 0. The molecule has 0 aliphatic rings. The van der Waals surface area contributed by atoms with Crippen molar-refractivity contribution in [2.75, 3.05) is 0 Å². The van der Waals surface area contributed by atoms with E-state index in [9.17, 15) is 26.3 Å². The van der Waals surface area contributed by atoms with Crippen LogP contribution in [0, 0.1) is 0 Å². The van der Waals surface area contributed by atoms with E-state index in [1.54, 1.807) is 62.3 Å². The third kappa shape index (κ3) is 166. The fourth-order valence-electron chi connectivity index (χ4n) is 0.506. The molecule has 0 aromatic heterocycles. The van der Waals surface area contributed by atoms with E-state index in [2.05, 4.69) is 0 Å². The molecule has 0 bridgehead atoms. The first-order chi connectivity index (χ1) is 12.2. The molecule has 0 spiro atoms. The van der Waals surface area contributed by atoms with Gasteiger partial charge in [0.25, 0.3) is 0 Å². The number of halogens is 6. The number of hydrogen-bond acceptors (Lipinski definition) is 3. The maximum Gasteiger partial charge on any atom is 0 e. The predicted molar refractivity (Wildman–Crippen MR) is 107 cm³/mol. The van der Waals surface area contributed by atoms with E-state index in [1.807, 2.05) is 30.3 Å². The van der Waals surface area contributed by atoms with Gasteiger partial charge in [0, 0.05) is 26.2 Å². The zero-order valence-corrected chi connectivity index (χ0v) is 24.0. The monoisotopic (exact) mass is 590 g/mol. The van der Waals surface area contributed by atoms with Crippen LogP contribution in [0.2, 0.25) is 0 Å². The van der Waals surface area contributed by atoms with E-state index in [0.717, 1.165) is 0 Å². The molecule has 0 fully saturated rings. The molecule has 0 atom stereocenters. The summed E-state index contributed by atoms with van der Waals surface area (Å²) in [7, 11) is 0. The van der Waals surface area contributed by atoms with Gasteiger partial charge in [0.1, 0.15) is 0 Å². The maximum absolute atomic E-state index is 10.9. The summed E-state index contributed by atoms with van der Waals surface area (Å²) in [6.07, 6.45) is 0. The standard InChI is InChI=1S/C5H5.3C4H10O.C2HF6Ge.Zr/c1-2-4-5-3-1;3*1-4(2,3)5;3-1(4,5)9-2(6,7)8;/h1-5H;3*5H,1-3H3;9H;/q-1;;;;;. The van der Waals surface area contributed by atoms with Gasteiger partial charge in [0.05, 0.1) is 16.8 Å². The maximum atomic E-state index is 10.9. The Morgan fingerprint density at radius 3 is 0.767 bits per heavy atom. The Morgan fingerprint density at radius 2 is 0.733 bits per heavy atom. The van der Waals surface area contributed by atoms with Gasteiger partial charge in [-0.15, -0.1) is 0 Å². The van der Waals surface area contributed by atoms with Crippen molar-refractivity contribution in [2.24, 2.45) is 0 Å². The van der Waals surface area contributed by atoms with Gasteiger partial charge in [0.2, 0.25) is 0 Å². The van der Waals surface area contributed by atoms with E-state index >= 15 is 0 Å². The fraction of sp³-hybridized carbons (Fsp3) is 0.737. The minimum Gasteiger partial charge on any atom is -0.214 e. The first-order valence-corrected chi connectivity index (χ1v) is 11.0. The summed E-state index contributed by atoms with van der Waals surface area (Å²) in [5.41, 5.74) is -1.50. The van der Waals surface area contributed by atoms with Gasteiger partial charge in [-0.05, 0) is 62.3 Å². The minimum absolute atomic E-state index is 0. The van der Waals surface area contributed by atoms with Crippen LogP contribution < -0.4 is 0 Å². The normalized spacial score (nSPS) is 11.5. The molecule has 0 amide bonds. The molecule has 0 saturated heterocycles. The van der Waals surface area contributed by atoms with Crippen molar-refractivity contribution in [1.29, 1.82) is 0 Å². The topological polar surface area (TPSA) is 60.7 Å².